The van der Waals surface area contributed by atoms with Gasteiger partial charge in [-0.3, -0.25) is 9.69 Å². The summed E-state index contributed by atoms with van der Waals surface area (Å²) in [6.45, 7) is 9.13. The number of nitrogens with zero attached hydrogens (tertiary/aromatic N) is 2. The summed E-state index contributed by atoms with van der Waals surface area (Å²) in [6, 6.07) is 18.6. The van der Waals surface area contributed by atoms with E-state index >= 15 is 0 Å². The van der Waals surface area contributed by atoms with Gasteiger partial charge in [0.15, 0.2) is 0 Å². The van der Waals surface area contributed by atoms with E-state index in [1.807, 2.05) is 35.2 Å². The summed E-state index contributed by atoms with van der Waals surface area (Å²) in [4.78, 5) is 21.4. The van der Waals surface area contributed by atoms with Crippen molar-refractivity contribution in [2.45, 2.75) is 32.9 Å². The summed E-state index contributed by atoms with van der Waals surface area (Å²) in [7, 11) is 0. The van der Waals surface area contributed by atoms with Crippen molar-refractivity contribution in [1.29, 1.82) is 0 Å². The van der Waals surface area contributed by atoms with Gasteiger partial charge in [0.25, 0.3) is 0 Å². The molecule has 1 N–H and O–H groups in total. The van der Waals surface area contributed by atoms with E-state index in [4.69, 9.17) is 4.74 Å². The fourth-order valence-corrected chi connectivity index (χ4v) is 4.34. The smallest absolute Gasteiger partial charge is 0.227 e. The van der Waals surface area contributed by atoms with Gasteiger partial charge in [-0.05, 0) is 31.0 Å². The molecule has 4 rings (SSSR count). The predicted molar refractivity (Wildman–Crippen MR) is 120 cm³/mol. The van der Waals surface area contributed by atoms with Crippen LogP contribution in [0.1, 0.15) is 23.7 Å². The monoisotopic (exact) mass is 405 g/mol. The van der Waals surface area contributed by atoms with Gasteiger partial charge in [0.1, 0.15) is 0 Å². The minimum Gasteiger partial charge on any atom is -0.379 e. The zero-order valence-electron chi connectivity index (χ0n) is 17.9. The second-order valence-corrected chi connectivity index (χ2v) is 8.22. The molecule has 1 aromatic heterocycles. The fraction of sp³-hybridized carbons (Fsp3) is 0.400. The van der Waals surface area contributed by atoms with E-state index in [1.165, 1.54) is 0 Å². The van der Waals surface area contributed by atoms with Crippen molar-refractivity contribution < 1.29 is 9.53 Å². The normalized spacial score (nSPS) is 15.9. The van der Waals surface area contributed by atoms with Crippen molar-refractivity contribution in [3.8, 4) is 0 Å². The van der Waals surface area contributed by atoms with Crippen LogP contribution in [0.4, 0.5) is 0 Å². The Kier molecular flexibility index (Phi) is 6.50. The molecule has 1 amide bonds. The number of fused-ring (bicyclic) bond motifs is 1. The maximum atomic E-state index is 13.6. The van der Waals surface area contributed by atoms with Crippen LogP contribution in [0.3, 0.4) is 0 Å². The Morgan fingerprint density at radius 1 is 1.10 bits per heavy atom. The number of aromatic amines is 1. The molecule has 30 heavy (non-hydrogen) atoms. The highest BCUT2D eigenvalue weighted by Gasteiger charge is 2.25. The molecule has 2 heterocycles. The molecule has 1 fully saturated rings. The zero-order chi connectivity index (χ0) is 20.9. The summed E-state index contributed by atoms with van der Waals surface area (Å²) in [5.41, 5.74) is 4.43. The zero-order valence-corrected chi connectivity index (χ0v) is 17.9. The van der Waals surface area contributed by atoms with Crippen LogP contribution in [-0.4, -0.2) is 59.6 Å². The molecule has 0 bridgehead atoms. The van der Waals surface area contributed by atoms with Crippen LogP contribution < -0.4 is 0 Å². The summed E-state index contributed by atoms with van der Waals surface area (Å²) in [5.74, 6) is 0.174. The topological polar surface area (TPSA) is 48.6 Å². The summed E-state index contributed by atoms with van der Waals surface area (Å²) in [6.07, 6.45) is 0.413. The molecule has 0 spiro atoms. The van der Waals surface area contributed by atoms with Gasteiger partial charge in [0.2, 0.25) is 5.91 Å². The SMILES string of the molecule is Cc1[nH]c2ccccc2c1CC(=O)N(Cc1ccccc1)C(C)CN1CCOCC1. The largest absolute Gasteiger partial charge is 0.379 e. The van der Waals surface area contributed by atoms with Gasteiger partial charge in [-0.2, -0.15) is 0 Å². The number of hydrogen-bond acceptors (Lipinski definition) is 3. The third-order valence-electron chi connectivity index (χ3n) is 6.03. The lowest BCUT2D eigenvalue weighted by Crippen LogP contribution is -2.48. The lowest BCUT2D eigenvalue weighted by atomic mass is 10.1. The third kappa shape index (κ3) is 4.74. The Morgan fingerprint density at radius 3 is 2.57 bits per heavy atom. The Labute approximate surface area is 178 Å². The molecule has 1 aliphatic heterocycles. The lowest BCUT2D eigenvalue weighted by molar-refractivity contribution is -0.133. The van der Waals surface area contributed by atoms with Crippen LogP contribution in [0.2, 0.25) is 0 Å². The fourth-order valence-electron chi connectivity index (χ4n) is 4.34. The van der Waals surface area contributed by atoms with E-state index in [-0.39, 0.29) is 11.9 Å². The number of carbonyl (C=O) groups excluding carboxylic acids is 1. The molecule has 0 aliphatic carbocycles. The second-order valence-electron chi connectivity index (χ2n) is 8.22. The maximum absolute atomic E-state index is 13.6. The lowest BCUT2D eigenvalue weighted by Gasteiger charge is -2.35. The van der Waals surface area contributed by atoms with Gasteiger partial charge in [-0.25, -0.2) is 0 Å². The Balaban J connectivity index is 1.55. The first-order chi connectivity index (χ1) is 14.6. The Hall–Kier alpha value is -2.63. The van der Waals surface area contributed by atoms with Crippen LogP contribution in [0.15, 0.2) is 54.6 Å². The summed E-state index contributed by atoms with van der Waals surface area (Å²) >= 11 is 0. The highest BCUT2D eigenvalue weighted by Crippen LogP contribution is 2.24. The number of H-pyrrole nitrogens is 1. The van der Waals surface area contributed by atoms with E-state index in [0.717, 1.165) is 60.6 Å². The van der Waals surface area contributed by atoms with E-state index in [1.54, 1.807) is 0 Å². The van der Waals surface area contributed by atoms with Crippen molar-refractivity contribution >= 4 is 16.8 Å². The second kappa shape index (κ2) is 9.45. The molecule has 5 heteroatoms. The molecule has 1 saturated heterocycles. The Bertz CT molecular complexity index is 976. The van der Waals surface area contributed by atoms with Crippen LogP contribution in [0, 0.1) is 6.92 Å². The van der Waals surface area contributed by atoms with Crippen molar-refractivity contribution in [1.82, 2.24) is 14.8 Å². The van der Waals surface area contributed by atoms with Gasteiger partial charge in [0.05, 0.1) is 19.6 Å². The average Bonchev–Trinajstić information content (AvgIpc) is 3.08. The van der Waals surface area contributed by atoms with Crippen molar-refractivity contribution in [2.24, 2.45) is 0 Å². The van der Waals surface area contributed by atoms with E-state index < -0.39 is 0 Å². The molecule has 5 nitrogen and oxygen atoms in total. The maximum Gasteiger partial charge on any atom is 0.227 e. The van der Waals surface area contributed by atoms with Crippen molar-refractivity contribution in [3.63, 3.8) is 0 Å². The number of carbonyl (C=O) groups is 1. The number of ether oxygens (including phenoxy) is 1. The van der Waals surface area contributed by atoms with E-state index in [9.17, 15) is 4.79 Å². The van der Waals surface area contributed by atoms with Gasteiger partial charge < -0.3 is 14.6 Å². The molecule has 3 aromatic rings. The number of rotatable bonds is 7. The molecule has 2 aromatic carbocycles. The molecular formula is C25H31N3O2. The Morgan fingerprint density at radius 2 is 1.80 bits per heavy atom. The van der Waals surface area contributed by atoms with Gasteiger partial charge in [-0.1, -0.05) is 48.5 Å². The van der Waals surface area contributed by atoms with Crippen molar-refractivity contribution in [2.75, 3.05) is 32.8 Å². The number of aryl methyl sites for hydroxylation is 1. The number of amides is 1. The number of aromatic nitrogens is 1. The molecule has 0 saturated carbocycles. The average molecular weight is 406 g/mol. The van der Waals surface area contributed by atoms with Crippen LogP contribution >= 0.6 is 0 Å². The standard InChI is InChI=1S/C25H31N3O2/c1-19(17-27-12-14-30-15-13-27)28(18-21-8-4-3-5-9-21)25(29)16-23-20(2)26-24-11-7-6-10-22(23)24/h3-11,19,26H,12-18H2,1-2H3. The number of nitrogens with one attached hydrogen (secondary N) is 1. The number of benzene rings is 2. The molecule has 1 aliphatic rings. The van der Waals surface area contributed by atoms with Crippen LogP contribution in [-0.2, 0) is 22.5 Å². The number of para-hydroxylation sites is 1. The highest BCUT2D eigenvalue weighted by molar-refractivity contribution is 5.90. The predicted octanol–water partition coefficient (Wildman–Crippen LogP) is 3.77. The molecule has 0 radical (unpaired) electrons. The molecule has 1 atom stereocenters. The molecular weight excluding hydrogens is 374 g/mol. The summed E-state index contributed by atoms with van der Waals surface area (Å²) in [5, 5.41) is 1.14. The van der Waals surface area contributed by atoms with Gasteiger partial charge >= 0.3 is 0 Å². The highest BCUT2D eigenvalue weighted by atomic mass is 16.5. The van der Waals surface area contributed by atoms with E-state index in [0.29, 0.717) is 13.0 Å². The molecule has 158 valence electrons. The first-order valence-electron chi connectivity index (χ1n) is 10.8. The molecule has 1 unspecified atom stereocenters. The summed E-state index contributed by atoms with van der Waals surface area (Å²) < 4.78 is 5.48. The van der Waals surface area contributed by atoms with Crippen molar-refractivity contribution in [3.05, 3.63) is 71.4 Å². The quantitative estimate of drug-likeness (QED) is 0.651. The minimum atomic E-state index is 0.126. The van der Waals surface area contributed by atoms with Gasteiger partial charge in [0, 0.05) is 48.8 Å². The first kappa shape index (κ1) is 20.6. The van der Waals surface area contributed by atoms with E-state index in [2.05, 4.69) is 48.0 Å². The van der Waals surface area contributed by atoms with Crippen LogP contribution in [0.5, 0.6) is 0 Å². The van der Waals surface area contributed by atoms with Crippen LogP contribution in [0.25, 0.3) is 10.9 Å². The number of morpholine rings is 1. The van der Waals surface area contributed by atoms with Gasteiger partial charge in [-0.15, -0.1) is 0 Å². The number of hydrogen-bond donors (Lipinski definition) is 1. The third-order valence-corrected chi connectivity index (χ3v) is 6.03. The first-order valence-corrected chi connectivity index (χ1v) is 10.8. The minimum absolute atomic E-state index is 0.126.